The number of piperazine rings is 1. The Balaban J connectivity index is 0.717. The van der Waals surface area contributed by atoms with Gasteiger partial charge in [0, 0.05) is 93.4 Å². The van der Waals surface area contributed by atoms with E-state index in [0.29, 0.717) is 31.1 Å². The summed E-state index contributed by atoms with van der Waals surface area (Å²) in [4.78, 5) is 62.3. The SMILES string of the molecule is O=C1CCC(c2ccc(N3CCN(CC4CCN(C(=O)Cn5cc(-c6ccc(NC(=O)C(NCC7(c8ccc(C(F)(F)F)cc8)CC7)c7ccccc7)nc6)cn5)CC4)CC3)cc2)C(=O)N1. The molecule has 4 fully saturated rings. The topological polar surface area (TPSA) is 145 Å². The summed E-state index contributed by atoms with van der Waals surface area (Å²) < 4.78 is 41.2. The lowest BCUT2D eigenvalue weighted by molar-refractivity contribution is -0.138. The van der Waals surface area contributed by atoms with E-state index < -0.39 is 17.8 Å². The first-order chi connectivity index (χ1) is 31.9. The highest BCUT2D eigenvalue weighted by Crippen LogP contribution is 2.48. The minimum atomic E-state index is -4.40. The Kier molecular flexibility index (Phi) is 13.0. The van der Waals surface area contributed by atoms with Crippen LogP contribution in [0.3, 0.4) is 0 Å². The number of halogens is 3. The van der Waals surface area contributed by atoms with Crippen molar-refractivity contribution in [3.63, 3.8) is 0 Å². The van der Waals surface area contributed by atoms with Crippen molar-refractivity contribution in [1.29, 1.82) is 0 Å². The van der Waals surface area contributed by atoms with Gasteiger partial charge in [0.05, 0.1) is 17.7 Å². The molecule has 1 saturated carbocycles. The molecule has 344 valence electrons. The lowest BCUT2D eigenvalue weighted by Gasteiger charge is -2.39. The Labute approximate surface area is 381 Å². The van der Waals surface area contributed by atoms with Crippen LogP contribution in [0.1, 0.15) is 72.7 Å². The molecule has 2 aromatic heterocycles. The third-order valence-corrected chi connectivity index (χ3v) is 13.8. The summed E-state index contributed by atoms with van der Waals surface area (Å²) in [7, 11) is 0. The second-order valence-corrected chi connectivity index (χ2v) is 18.1. The molecular formula is C50H54F3N9O4. The number of pyridine rings is 1. The summed E-state index contributed by atoms with van der Waals surface area (Å²) in [5, 5.41) is 13.2. The number of alkyl halides is 3. The first-order valence-electron chi connectivity index (χ1n) is 22.8. The average Bonchev–Trinajstić information content (AvgIpc) is 3.98. The number of benzene rings is 3. The van der Waals surface area contributed by atoms with Crippen LogP contribution in [0.5, 0.6) is 0 Å². The Bertz CT molecular complexity index is 2500. The van der Waals surface area contributed by atoms with Gasteiger partial charge in [0.15, 0.2) is 0 Å². The summed E-state index contributed by atoms with van der Waals surface area (Å²) in [6.07, 6.45) is 5.22. The first kappa shape index (κ1) is 44.8. The Morgan fingerprint density at radius 2 is 1.55 bits per heavy atom. The molecular weight excluding hydrogens is 848 g/mol. The molecule has 5 heterocycles. The van der Waals surface area contributed by atoms with Crippen LogP contribution in [0.4, 0.5) is 24.7 Å². The smallest absolute Gasteiger partial charge is 0.369 e. The fourth-order valence-electron chi connectivity index (χ4n) is 9.56. The van der Waals surface area contributed by atoms with Crippen molar-refractivity contribution in [3.8, 4) is 11.1 Å². The van der Waals surface area contributed by atoms with E-state index in [4.69, 9.17) is 0 Å². The molecule has 3 aromatic carbocycles. The normalized spacial score (nSPS) is 19.6. The van der Waals surface area contributed by atoms with Crippen molar-refractivity contribution in [2.24, 2.45) is 5.92 Å². The molecule has 4 amide bonds. The Morgan fingerprint density at radius 3 is 2.20 bits per heavy atom. The molecule has 16 heteroatoms. The number of rotatable bonds is 14. The molecule has 3 aliphatic heterocycles. The molecule has 13 nitrogen and oxygen atoms in total. The van der Waals surface area contributed by atoms with Crippen molar-refractivity contribution in [2.45, 2.75) is 68.6 Å². The quantitative estimate of drug-likeness (QED) is 0.106. The molecule has 66 heavy (non-hydrogen) atoms. The van der Waals surface area contributed by atoms with Crippen LogP contribution in [-0.4, -0.2) is 101 Å². The number of hydrogen-bond donors (Lipinski definition) is 3. The van der Waals surface area contributed by atoms with E-state index in [1.54, 1.807) is 23.1 Å². The number of carbonyl (C=O) groups is 4. The fourth-order valence-corrected chi connectivity index (χ4v) is 9.56. The molecule has 5 aromatic rings. The predicted octanol–water partition coefficient (Wildman–Crippen LogP) is 6.55. The summed E-state index contributed by atoms with van der Waals surface area (Å²) in [5.74, 6) is -0.0825. The predicted molar refractivity (Wildman–Crippen MR) is 243 cm³/mol. The van der Waals surface area contributed by atoms with E-state index in [1.165, 1.54) is 12.1 Å². The van der Waals surface area contributed by atoms with E-state index in [0.717, 1.165) is 117 Å². The maximum absolute atomic E-state index is 13.7. The molecule has 3 saturated heterocycles. The second-order valence-electron chi connectivity index (χ2n) is 18.1. The van der Waals surface area contributed by atoms with Crippen molar-refractivity contribution in [1.82, 2.24) is 35.2 Å². The van der Waals surface area contributed by atoms with Gasteiger partial charge >= 0.3 is 6.18 Å². The number of aromatic nitrogens is 3. The van der Waals surface area contributed by atoms with E-state index in [2.05, 4.69) is 48.0 Å². The van der Waals surface area contributed by atoms with E-state index in [1.807, 2.05) is 59.6 Å². The van der Waals surface area contributed by atoms with E-state index >= 15 is 0 Å². The first-order valence-corrected chi connectivity index (χ1v) is 22.8. The Morgan fingerprint density at radius 1 is 0.818 bits per heavy atom. The standard InChI is InChI=1S/C50H54F3N9O4/c51-50(52,53)40-11-9-39(10-12-40)49(20-21-49)33-55-46(36-4-2-1-3-5-36)48(66)57-43-16-8-37(28-54-43)38-29-56-62(31-38)32-45(64)61-22-18-34(19-23-61)30-59-24-26-60(27-25-59)41-13-6-35(7-14-41)42-15-17-44(63)58-47(42)65/h1-14,16,28-29,31,34,42,46,55H,15,17-27,30,32-33H2,(H,54,57,66)(H,58,63,65). The maximum Gasteiger partial charge on any atom is 0.416 e. The van der Waals surface area contributed by atoms with E-state index in [-0.39, 0.29) is 41.5 Å². The zero-order chi connectivity index (χ0) is 45.8. The summed E-state index contributed by atoms with van der Waals surface area (Å²) in [6.45, 7) is 6.78. The third kappa shape index (κ3) is 10.5. The largest absolute Gasteiger partial charge is 0.416 e. The number of carbonyl (C=O) groups excluding carboxylic acids is 4. The fraction of sp³-hybridized carbons (Fsp3) is 0.400. The zero-order valence-corrected chi connectivity index (χ0v) is 36.7. The number of hydrogen-bond acceptors (Lipinski definition) is 9. The van der Waals surface area contributed by atoms with Crippen LogP contribution in [0, 0.1) is 5.92 Å². The van der Waals surface area contributed by atoms with Gasteiger partial charge in [-0.1, -0.05) is 54.6 Å². The number of nitrogens with one attached hydrogen (secondary N) is 3. The molecule has 0 bridgehead atoms. The van der Waals surface area contributed by atoms with Gasteiger partial charge in [-0.15, -0.1) is 0 Å². The highest BCUT2D eigenvalue weighted by Gasteiger charge is 2.45. The molecule has 1 aliphatic carbocycles. The van der Waals surface area contributed by atoms with Gasteiger partial charge in [-0.2, -0.15) is 18.3 Å². The lowest BCUT2D eigenvalue weighted by Crippen LogP contribution is -2.49. The molecule has 2 atom stereocenters. The Hall–Kier alpha value is -6.39. The monoisotopic (exact) mass is 901 g/mol. The van der Waals surface area contributed by atoms with Crippen LogP contribution < -0.4 is 20.9 Å². The van der Waals surface area contributed by atoms with Crippen LogP contribution >= 0.6 is 0 Å². The van der Waals surface area contributed by atoms with Crippen molar-refractivity contribution < 1.29 is 32.3 Å². The maximum atomic E-state index is 13.7. The summed E-state index contributed by atoms with van der Waals surface area (Å²) in [6, 6.07) is 25.6. The van der Waals surface area contributed by atoms with E-state index in [9.17, 15) is 32.3 Å². The summed E-state index contributed by atoms with van der Waals surface area (Å²) in [5.41, 5.74) is 4.20. The second kappa shape index (κ2) is 19.2. The third-order valence-electron chi connectivity index (χ3n) is 13.8. The van der Waals surface area contributed by atoms with Gasteiger partial charge in [-0.3, -0.25) is 34.1 Å². The minimum absolute atomic E-state index is 0.0325. The molecule has 2 unspecified atom stereocenters. The van der Waals surface area contributed by atoms with Crippen LogP contribution in [0.2, 0.25) is 0 Å². The van der Waals surface area contributed by atoms with Crippen LogP contribution in [-0.2, 0) is 37.3 Å². The number of anilines is 2. The number of likely N-dealkylation sites (tertiary alicyclic amines) is 1. The van der Waals surface area contributed by atoms with Crippen molar-refractivity contribution in [3.05, 3.63) is 132 Å². The highest BCUT2D eigenvalue weighted by molar-refractivity contribution is 6.01. The van der Waals surface area contributed by atoms with Crippen molar-refractivity contribution in [2.75, 3.05) is 62.6 Å². The van der Waals surface area contributed by atoms with Crippen LogP contribution in [0.25, 0.3) is 11.1 Å². The zero-order valence-electron chi connectivity index (χ0n) is 36.7. The lowest BCUT2D eigenvalue weighted by atomic mass is 9.90. The molecule has 3 N–H and O–H groups in total. The van der Waals surface area contributed by atoms with Crippen LogP contribution in [0.15, 0.2) is 110 Å². The van der Waals surface area contributed by atoms with Gasteiger partial charge < -0.3 is 20.4 Å². The van der Waals surface area contributed by atoms with Crippen molar-refractivity contribution >= 4 is 35.1 Å². The van der Waals surface area contributed by atoms with Gasteiger partial charge in [0.25, 0.3) is 0 Å². The number of nitrogens with zero attached hydrogens (tertiary/aromatic N) is 6. The molecule has 0 radical (unpaired) electrons. The highest BCUT2D eigenvalue weighted by atomic mass is 19.4. The molecule has 4 aliphatic rings. The van der Waals surface area contributed by atoms with Gasteiger partial charge in [0.1, 0.15) is 18.4 Å². The average molecular weight is 902 g/mol. The number of piperidine rings is 2. The van der Waals surface area contributed by atoms with Gasteiger partial charge in [-0.25, -0.2) is 4.98 Å². The van der Waals surface area contributed by atoms with Gasteiger partial charge in [0.2, 0.25) is 23.6 Å². The van der Waals surface area contributed by atoms with Gasteiger partial charge in [-0.05, 0) is 91.1 Å². The molecule has 9 rings (SSSR count). The summed E-state index contributed by atoms with van der Waals surface area (Å²) >= 11 is 0. The molecule has 0 spiro atoms. The minimum Gasteiger partial charge on any atom is -0.369 e. The number of imide groups is 1. The number of amides is 4.